The zero-order valence-corrected chi connectivity index (χ0v) is 12.2. The van der Waals surface area contributed by atoms with Crippen LogP contribution in [-0.2, 0) is 21.1 Å². The molecule has 1 N–H and O–H groups in total. The normalized spacial score (nSPS) is 11.4. The molecule has 0 aliphatic carbocycles. The molecule has 0 saturated carbocycles. The fourth-order valence-corrected chi connectivity index (χ4v) is 1.22. The van der Waals surface area contributed by atoms with E-state index in [9.17, 15) is 4.79 Å². The van der Waals surface area contributed by atoms with Crippen LogP contribution >= 0.6 is 0 Å². The molecule has 1 aromatic carbocycles. The Bertz CT molecular complexity index is 303. The molecule has 1 aromatic rings. The Kier molecular flexibility index (Phi) is 8.13. The summed E-state index contributed by atoms with van der Waals surface area (Å²) in [5.41, 5.74) is 0.619. The number of hydrogen-bond acceptors (Lipinski definition) is 2. The predicted octanol–water partition coefficient (Wildman–Crippen LogP) is 2.22. The van der Waals surface area contributed by atoms with Crippen molar-refractivity contribution in [2.24, 2.45) is 5.92 Å². The summed E-state index contributed by atoms with van der Waals surface area (Å²) in [5, 5.41) is 12.7. The zero-order valence-electron chi connectivity index (χ0n) is 9.30. The molecule has 1 amide bonds. The van der Waals surface area contributed by atoms with Crippen LogP contribution < -0.4 is 0 Å². The second kappa shape index (κ2) is 8.49. The van der Waals surface area contributed by atoms with Crippen molar-refractivity contribution >= 4 is 5.91 Å². The molecule has 4 heteroatoms. The minimum atomic E-state index is -0.180. The molecule has 0 saturated heterocycles. The van der Waals surface area contributed by atoms with Gasteiger partial charge < -0.3 is 15.2 Å². The van der Waals surface area contributed by atoms with E-state index in [0.717, 1.165) is 0 Å². The van der Waals surface area contributed by atoms with Crippen LogP contribution in [0.4, 0.5) is 0 Å². The van der Waals surface area contributed by atoms with Crippen LogP contribution in [0, 0.1) is 5.92 Å². The van der Waals surface area contributed by atoms with Crippen molar-refractivity contribution in [1.29, 1.82) is 0 Å². The number of hydrogen-bond donors (Lipinski definition) is 1. The number of benzene rings is 1. The van der Waals surface area contributed by atoms with Gasteiger partial charge in [-0.1, -0.05) is 43.2 Å². The Labute approximate surface area is 111 Å². The summed E-state index contributed by atoms with van der Waals surface area (Å²) >= 11 is 0. The van der Waals surface area contributed by atoms with Crippen molar-refractivity contribution in [2.75, 3.05) is 13.2 Å². The van der Waals surface area contributed by atoms with Crippen molar-refractivity contribution in [1.82, 2.24) is 0 Å². The molecule has 1 rings (SSSR count). The van der Waals surface area contributed by atoms with Crippen LogP contribution in [0.2, 0.25) is 0 Å². The summed E-state index contributed by atoms with van der Waals surface area (Å²) in [6.45, 7) is 2.60. The number of aliphatic hydroxyl groups is 1. The maximum Gasteiger partial charge on any atom is 2.00 e. The molecule has 0 aliphatic heterocycles. The first kappa shape index (κ1) is 15.3. The number of carbonyl (C=O) groups is 1. The van der Waals surface area contributed by atoms with Gasteiger partial charge in [-0.05, 0) is 12.0 Å². The average Bonchev–Trinajstić information content (AvgIpc) is 2.27. The van der Waals surface area contributed by atoms with Crippen molar-refractivity contribution in [2.45, 2.75) is 13.3 Å². The van der Waals surface area contributed by atoms with Crippen molar-refractivity contribution in [3.05, 3.63) is 41.2 Å². The predicted molar refractivity (Wildman–Crippen MR) is 59.9 cm³/mol. The summed E-state index contributed by atoms with van der Waals surface area (Å²) in [5.74, 6) is 0.0723. The SMILES string of the molecule is CC(CCO)C[N-]C(=O)c1ccccc1.[W+2]. The number of nitrogens with zero attached hydrogens (tertiary/aromatic N) is 1. The Morgan fingerprint density at radius 3 is 2.56 bits per heavy atom. The van der Waals surface area contributed by atoms with Crippen LogP contribution in [-0.4, -0.2) is 24.2 Å². The van der Waals surface area contributed by atoms with Gasteiger partial charge in [-0.15, -0.1) is 6.54 Å². The minimum Gasteiger partial charge on any atom is -0.649 e. The third-order valence-electron chi connectivity index (χ3n) is 2.19. The maximum atomic E-state index is 11.5. The largest absolute Gasteiger partial charge is 2.00 e. The Hall–Kier alpha value is -0.662. The Morgan fingerprint density at radius 2 is 2.00 bits per heavy atom. The topological polar surface area (TPSA) is 51.4 Å². The zero-order chi connectivity index (χ0) is 11.1. The van der Waals surface area contributed by atoms with Gasteiger partial charge >= 0.3 is 21.1 Å². The fraction of sp³-hybridized carbons (Fsp3) is 0.417. The van der Waals surface area contributed by atoms with Crippen LogP contribution in [0.5, 0.6) is 0 Å². The van der Waals surface area contributed by atoms with E-state index in [1.54, 1.807) is 12.1 Å². The quantitative estimate of drug-likeness (QED) is 0.839. The van der Waals surface area contributed by atoms with Crippen molar-refractivity contribution in [3.8, 4) is 0 Å². The third-order valence-corrected chi connectivity index (χ3v) is 2.19. The van der Waals surface area contributed by atoms with Gasteiger partial charge in [0.15, 0.2) is 0 Å². The molecule has 1 unspecified atom stereocenters. The molecule has 1 atom stereocenters. The van der Waals surface area contributed by atoms with E-state index in [1.165, 1.54) is 0 Å². The molecule has 16 heavy (non-hydrogen) atoms. The summed E-state index contributed by atoms with van der Waals surface area (Å²) in [4.78, 5) is 11.5. The van der Waals surface area contributed by atoms with Gasteiger partial charge in [-0.3, -0.25) is 0 Å². The first-order valence-electron chi connectivity index (χ1n) is 5.11. The first-order valence-corrected chi connectivity index (χ1v) is 5.11. The van der Waals surface area contributed by atoms with E-state index < -0.39 is 0 Å². The van der Waals surface area contributed by atoms with Crippen LogP contribution in [0.25, 0.3) is 5.32 Å². The van der Waals surface area contributed by atoms with Gasteiger partial charge in [-0.25, -0.2) is 0 Å². The molecular weight excluding hydrogens is 374 g/mol. The molecule has 0 heterocycles. The van der Waals surface area contributed by atoms with Gasteiger partial charge in [0, 0.05) is 6.61 Å². The summed E-state index contributed by atoms with van der Waals surface area (Å²) < 4.78 is 0. The molecule has 3 nitrogen and oxygen atoms in total. The standard InChI is InChI=1S/C12H17NO2.W/c1-10(7-8-14)9-13-12(15)11-5-3-2-4-6-11;/h2-6,10,14H,7-9H2,1H3,(H,13,15);/q;+2/p-1. The Balaban J connectivity index is 0.00000225. The van der Waals surface area contributed by atoms with E-state index in [0.29, 0.717) is 18.5 Å². The maximum absolute atomic E-state index is 11.5. The number of rotatable bonds is 5. The summed E-state index contributed by atoms with van der Waals surface area (Å²) in [6, 6.07) is 9.01. The minimum absolute atomic E-state index is 0. The molecule has 0 bridgehead atoms. The van der Waals surface area contributed by atoms with Crippen LogP contribution in [0.3, 0.4) is 0 Å². The van der Waals surface area contributed by atoms with Crippen LogP contribution in [0.1, 0.15) is 23.7 Å². The average molecular weight is 390 g/mol. The second-order valence-corrected chi connectivity index (χ2v) is 3.63. The molecule has 0 aromatic heterocycles. The number of amides is 1. The molecule has 0 fully saturated rings. The molecule has 0 radical (unpaired) electrons. The summed E-state index contributed by atoms with van der Waals surface area (Å²) in [6.07, 6.45) is 0.686. The van der Waals surface area contributed by atoms with E-state index in [2.05, 4.69) is 5.32 Å². The second-order valence-electron chi connectivity index (χ2n) is 3.63. The van der Waals surface area contributed by atoms with Gasteiger partial charge in [0.25, 0.3) is 0 Å². The monoisotopic (exact) mass is 390 g/mol. The fourth-order valence-electron chi connectivity index (χ4n) is 1.22. The van der Waals surface area contributed by atoms with Crippen molar-refractivity contribution in [3.63, 3.8) is 0 Å². The summed E-state index contributed by atoms with van der Waals surface area (Å²) in [7, 11) is 0. The van der Waals surface area contributed by atoms with Gasteiger partial charge in [0.2, 0.25) is 0 Å². The van der Waals surface area contributed by atoms with E-state index in [-0.39, 0.29) is 39.5 Å². The number of aliphatic hydroxyl groups excluding tert-OH is 1. The Morgan fingerprint density at radius 1 is 1.38 bits per heavy atom. The molecule has 86 valence electrons. The third kappa shape index (κ3) is 5.43. The van der Waals surface area contributed by atoms with Gasteiger partial charge in [0.1, 0.15) is 0 Å². The molecule has 0 spiro atoms. The van der Waals surface area contributed by atoms with Gasteiger partial charge in [-0.2, -0.15) is 0 Å². The molecule has 0 aliphatic rings. The van der Waals surface area contributed by atoms with E-state index in [1.807, 2.05) is 25.1 Å². The molecular formula is C12H16NO2W+. The number of carbonyl (C=O) groups excluding carboxylic acids is 1. The smallest absolute Gasteiger partial charge is 0.649 e. The first-order chi connectivity index (χ1) is 7.24. The van der Waals surface area contributed by atoms with Crippen molar-refractivity contribution < 1.29 is 31.0 Å². The van der Waals surface area contributed by atoms with Crippen LogP contribution in [0.15, 0.2) is 30.3 Å². The van der Waals surface area contributed by atoms with Gasteiger partial charge in [0.05, 0.1) is 5.91 Å². The van der Waals surface area contributed by atoms with E-state index >= 15 is 0 Å². The van der Waals surface area contributed by atoms with E-state index in [4.69, 9.17) is 5.11 Å².